The molecule has 156 valence electrons. The quantitative estimate of drug-likeness (QED) is 0.292. The molecule has 0 aliphatic rings. The zero-order valence-electron chi connectivity index (χ0n) is 14.8. The van der Waals surface area contributed by atoms with Crippen molar-refractivity contribution in [2.24, 2.45) is 0 Å². The third kappa shape index (κ3) is 4.34. The van der Waals surface area contributed by atoms with Crippen LogP contribution in [0, 0.1) is 26.2 Å². The van der Waals surface area contributed by atoms with Gasteiger partial charge in [-0.1, -0.05) is 25.4 Å². The minimum absolute atomic E-state index is 0.00583. The Morgan fingerprint density at radius 1 is 1.14 bits per heavy atom. The first kappa shape index (κ1) is 22.2. The largest absolute Gasteiger partial charge is 0.418 e. The summed E-state index contributed by atoms with van der Waals surface area (Å²) in [5.74, 6) is -1.34. The van der Waals surface area contributed by atoms with Gasteiger partial charge in [0, 0.05) is 18.1 Å². The van der Waals surface area contributed by atoms with Gasteiger partial charge in [-0.15, -0.1) is 0 Å². The zero-order valence-corrected chi connectivity index (χ0v) is 15.6. The van der Waals surface area contributed by atoms with Crippen molar-refractivity contribution >= 4 is 34.5 Å². The topological polar surface area (TPSA) is 124 Å². The number of anilines is 2. The van der Waals surface area contributed by atoms with Crippen molar-refractivity contribution in [3.8, 4) is 0 Å². The second-order valence-corrected chi connectivity index (χ2v) is 5.96. The summed E-state index contributed by atoms with van der Waals surface area (Å²) in [5.41, 5.74) is -5.52. The average Bonchev–Trinajstić information content (AvgIpc) is 2.59. The summed E-state index contributed by atoms with van der Waals surface area (Å²) in [5, 5.41) is 23.6. The van der Waals surface area contributed by atoms with Crippen molar-refractivity contribution in [2.75, 3.05) is 5.32 Å². The van der Waals surface area contributed by atoms with Crippen molar-refractivity contribution in [3.63, 3.8) is 0 Å². The molecule has 9 nitrogen and oxygen atoms in total. The van der Waals surface area contributed by atoms with E-state index in [-0.39, 0.29) is 36.1 Å². The third-order valence-electron chi connectivity index (χ3n) is 3.82. The van der Waals surface area contributed by atoms with E-state index in [1.165, 1.54) is 6.92 Å². The first-order valence-corrected chi connectivity index (χ1v) is 8.34. The van der Waals surface area contributed by atoms with Gasteiger partial charge in [0.25, 0.3) is 0 Å². The van der Waals surface area contributed by atoms with Gasteiger partial charge in [0.15, 0.2) is 5.69 Å². The summed E-state index contributed by atoms with van der Waals surface area (Å²) in [6.07, 6.45) is -5.03. The molecule has 2 aromatic rings. The van der Waals surface area contributed by atoms with Gasteiger partial charge in [0.1, 0.15) is 16.7 Å². The van der Waals surface area contributed by atoms with Crippen LogP contribution >= 0.6 is 11.6 Å². The van der Waals surface area contributed by atoms with Crippen molar-refractivity contribution in [3.05, 3.63) is 54.2 Å². The van der Waals surface area contributed by atoms with E-state index < -0.39 is 49.6 Å². The Labute approximate surface area is 165 Å². The molecule has 0 bridgehead atoms. The minimum atomic E-state index is -5.18. The van der Waals surface area contributed by atoms with Crippen LogP contribution in [-0.2, 0) is 19.0 Å². The molecule has 0 fully saturated rings. The van der Waals surface area contributed by atoms with Crippen molar-refractivity contribution in [1.82, 2.24) is 9.97 Å². The second kappa shape index (κ2) is 8.11. The lowest BCUT2D eigenvalue weighted by Gasteiger charge is -2.15. The maximum atomic E-state index is 14.2. The molecule has 1 heterocycles. The molecule has 0 saturated carbocycles. The molecule has 0 amide bonds. The molecule has 0 aliphatic carbocycles. The molecule has 1 aromatic carbocycles. The van der Waals surface area contributed by atoms with Gasteiger partial charge in [-0.3, -0.25) is 20.2 Å². The maximum Gasteiger partial charge on any atom is 0.418 e. The van der Waals surface area contributed by atoms with E-state index in [1.54, 1.807) is 6.92 Å². The summed E-state index contributed by atoms with van der Waals surface area (Å²) in [6.45, 7) is 3.09. The van der Waals surface area contributed by atoms with E-state index in [2.05, 4.69) is 15.3 Å². The predicted octanol–water partition coefficient (Wildman–Crippen LogP) is 4.97. The van der Waals surface area contributed by atoms with Gasteiger partial charge in [-0.25, -0.2) is 9.97 Å². The Kier molecular flexibility index (Phi) is 6.21. The number of nitrogens with one attached hydrogen (secondary N) is 1. The molecule has 0 saturated heterocycles. The van der Waals surface area contributed by atoms with Crippen LogP contribution in [0.1, 0.15) is 30.8 Å². The van der Waals surface area contributed by atoms with Crippen LogP contribution in [0.25, 0.3) is 0 Å². The fourth-order valence-corrected chi connectivity index (χ4v) is 2.79. The standard InChI is InChI=1S/C15H12ClF4N5O4/c1-3-6-13(17)21-9(4-2)22-14(6)23-11-8(24(26)27)5-7(15(18,19)20)10(16)12(11)25(28)29/h5H,3-4H2,1-2H3,(H,21,22,23). The van der Waals surface area contributed by atoms with Crippen LogP contribution in [-0.4, -0.2) is 19.8 Å². The van der Waals surface area contributed by atoms with Crippen LogP contribution in [0.4, 0.5) is 40.4 Å². The molecule has 0 aliphatic heterocycles. The second-order valence-electron chi connectivity index (χ2n) is 5.58. The number of alkyl halides is 3. The molecular weight excluding hydrogens is 426 g/mol. The third-order valence-corrected chi connectivity index (χ3v) is 4.20. The molecular formula is C15H12ClF4N5O4. The molecule has 1 aromatic heterocycles. The summed E-state index contributed by atoms with van der Waals surface area (Å²) in [4.78, 5) is 27.8. The van der Waals surface area contributed by atoms with E-state index in [9.17, 15) is 37.8 Å². The Bertz CT molecular complexity index is 1000. The minimum Gasteiger partial charge on any atom is -0.328 e. The van der Waals surface area contributed by atoms with Gasteiger partial charge in [0.2, 0.25) is 5.95 Å². The Morgan fingerprint density at radius 2 is 1.76 bits per heavy atom. The van der Waals surface area contributed by atoms with Gasteiger partial charge in [-0.2, -0.15) is 17.6 Å². The Hall–Kier alpha value is -3.09. The molecule has 0 atom stereocenters. The fraction of sp³-hybridized carbons (Fsp3) is 0.333. The van der Waals surface area contributed by atoms with Crippen LogP contribution < -0.4 is 5.32 Å². The molecule has 14 heteroatoms. The van der Waals surface area contributed by atoms with Gasteiger partial charge >= 0.3 is 17.6 Å². The van der Waals surface area contributed by atoms with E-state index >= 15 is 0 Å². The summed E-state index contributed by atoms with van der Waals surface area (Å²) >= 11 is 5.57. The molecule has 0 unspecified atom stereocenters. The summed E-state index contributed by atoms with van der Waals surface area (Å²) in [7, 11) is 0. The monoisotopic (exact) mass is 437 g/mol. The normalized spacial score (nSPS) is 11.4. The number of benzene rings is 1. The van der Waals surface area contributed by atoms with Crippen molar-refractivity contribution < 1.29 is 27.4 Å². The number of nitro benzene ring substituents is 2. The van der Waals surface area contributed by atoms with Crippen LogP contribution in [0.3, 0.4) is 0 Å². The predicted molar refractivity (Wildman–Crippen MR) is 93.8 cm³/mol. The van der Waals surface area contributed by atoms with Gasteiger partial charge in [-0.05, 0) is 6.42 Å². The summed E-state index contributed by atoms with van der Waals surface area (Å²) in [6, 6.07) is 0.0710. The Balaban J connectivity index is 2.86. The van der Waals surface area contributed by atoms with E-state index in [1.807, 2.05) is 0 Å². The van der Waals surface area contributed by atoms with E-state index in [0.29, 0.717) is 0 Å². The highest BCUT2D eigenvalue weighted by molar-refractivity contribution is 6.34. The first-order chi connectivity index (χ1) is 13.4. The molecule has 2 rings (SSSR count). The molecule has 29 heavy (non-hydrogen) atoms. The first-order valence-electron chi connectivity index (χ1n) is 7.97. The number of aromatic nitrogens is 2. The highest BCUT2D eigenvalue weighted by Gasteiger charge is 2.42. The van der Waals surface area contributed by atoms with Gasteiger partial charge in [0.05, 0.1) is 15.4 Å². The number of hydrogen-bond acceptors (Lipinski definition) is 7. The maximum absolute atomic E-state index is 14.2. The highest BCUT2D eigenvalue weighted by atomic mass is 35.5. The van der Waals surface area contributed by atoms with Crippen LogP contribution in [0.5, 0.6) is 0 Å². The number of aryl methyl sites for hydroxylation is 1. The molecule has 0 radical (unpaired) electrons. The van der Waals surface area contributed by atoms with Crippen molar-refractivity contribution in [2.45, 2.75) is 32.9 Å². The van der Waals surface area contributed by atoms with Crippen LogP contribution in [0.2, 0.25) is 5.02 Å². The number of nitro groups is 2. The SMILES string of the molecule is CCc1nc(F)c(CC)c(Nc2c([N+](=O)[O-])cc(C(F)(F)F)c(Cl)c2[N+](=O)[O-])n1. The lowest BCUT2D eigenvalue weighted by molar-refractivity contribution is -0.392. The van der Waals surface area contributed by atoms with E-state index in [4.69, 9.17) is 11.6 Å². The number of halogens is 5. The Morgan fingerprint density at radius 3 is 2.21 bits per heavy atom. The zero-order chi connectivity index (χ0) is 22.1. The van der Waals surface area contributed by atoms with E-state index in [0.717, 1.165) is 0 Å². The molecule has 0 spiro atoms. The molecule has 1 N–H and O–H groups in total. The fourth-order valence-electron chi connectivity index (χ4n) is 2.47. The smallest absolute Gasteiger partial charge is 0.328 e. The van der Waals surface area contributed by atoms with Crippen molar-refractivity contribution in [1.29, 1.82) is 0 Å². The highest BCUT2D eigenvalue weighted by Crippen LogP contribution is 2.48. The number of hydrogen-bond donors (Lipinski definition) is 1. The lowest BCUT2D eigenvalue weighted by Crippen LogP contribution is -2.13. The number of rotatable bonds is 6. The summed E-state index contributed by atoms with van der Waals surface area (Å²) < 4.78 is 53.6. The average molecular weight is 438 g/mol. The van der Waals surface area contributed by atoms with Gasteiger partial charge < -0.3 is 5.32 Å². The van der Waals surface area contributed by atoms with Crippen LogP contribution in [0.15, 0.2) is 6.07 Å². The number of nitrogens with zero attached hydrogens (tertiary/aromatic N) is 4. The lowest BCUT2D eigenvalue weighted by atomic mass is 10.1.